The lowest BCUT2D eigenvalue weighted by atomic mass is 10.1. The van der Waals surface area contributed by atoms with Crippen molar-refractivity contribution in [3.63, 3.8) is 0 Å². The molecule has 0 aliphatic rings. The number of nitrogens with one attached hydrogen (secondary N) is 1. The fourth-order valence-corrected chi connectivity index (χ4v) is 3.02. The molecule has 1 atom stereocenters. The molecule has 9 nitrogen and oxygen atoms in total. The molecule has 1 amide bonds. The maximum Gasteiger partial charge on any atom is 0.271 e. The topological polar surface area (TPSA) is 108 Å². The third kappa shape index (κ3) is 4.45. The normalized spacial score (nSPS) is 11.8. The van der Waals surface area contributed by atoms with Gasteiger partial charge in [-0.2, -0.15) is 4.98 Å². The van der Waals surface area contributed by atoms with Crippen LogP contribution in [0.25, 0.3) is 17.3 Å². The van der Waals surface area contributed by atoms with Gasteiger partial charge in [0, 0.05) is 24.4 Å². The maximum atomic E-state index is 12.7. The summed E-state index contributed by atoms with van der Waals surface area (Å²) in [4.78, 5) is 25.6. The molecule has 0 fully saturated rings. The highest BCUT2D eigenvalue weighted by molar-refractivity contribution is 5.92. The van der Waals surface area contributed by atoms with E-state index in [0.29, 0.717) is 29.6 Å². The van der Waals surface area contributed by atoms with Crippen molar-refractivity contribution in [3.8, 4) is 23.0 Å². The van der Waals surface area contributed by atoms with Gasteiger partial charge in [0.25, 0.3) is 11.8 Å². The molecule has 4 rings (SSSR count). The molecule has 3 aromatic heterocycles. The highest BCUT2D eigenvalue weighted by atomic mass is 16.5. The first kappa shape index (κ1) is 20.3. The van der Waals surface area contributed by atoms with Gasteiger partial charge >= 0.3 is 0 Å². The Balaban J connectivity index is 1.48. The molecule has 0 saturated heterocycles. The number of pyridine rings is 1. The second-order valence-corrected chi connectivity index (χ2v) is 6.91. The standard InChI is InChI=1S/C22H22N6O3/c1-4-19-26-22(31-27-19)16-9-10-23-20(11-16)28-12-18(24-13-28)21(29)25-14(2)15-5-7-17(30-3)8-6-15/h5-14H,4H2,1-3H3,(H,25,29). The number of amides is 1. The van der Waals surface area contributed by atoms with Crippen molar-refractivity contribution in [3.05, 3.63) is 72.2 Å². The third-order valence-corrected chi connectivity index (χ3v) is 4.82. The zero-order valence-corrected chi connectivity index (χ0v) is 17.4. The van der Waals surface area contributed by atoms with E-state index in [1.807, 2.05) is 38.1 Å². The minimum absolute atomic E-state index is 0.185. The molecule has 0 radical (unpaired) electrons. The Labute approximate surface area is 179 Å². The molecule has 1 N–H and O–H groups in total. The molecule has 0 aliphatic carbocycles. The zero-order chi connectivity index (χ0) is 21.8. The summed E-state index contributed by atoms with van der Waals surface area (Å²) in [5.74, 6) is 2.14. The quantitative estimate of drug-likeness (QED) is 0.490. The summed E-state index contributed by atoms with van der Waals surface area (Å²) in [6.45, 7) is 3.87. The predicted molar refractivity (Wildman–Crippen MR) is 113 cm³/mol. The molecule has 0 bridgehead atoms. The SMILES string of the molecule is CCc1noc(-c2ccnc(-n3cnc(C(=O)NC(C)c4ccc(OC)cc4)c3)c2)n1. The summed E-state index contributed by atoms with van der Waals surface area (Å²) in [5.41, 5.74) is 2.00. The Hall–Kier alpha value is -4.01. The van der Waals surface area contributed by atoms with Gasteiger partial charge in [-0.05, 0) is 36.8 Å². The molecule has 0 aliphatic heterocycles. The van der Waals surface area contributed by atoms with Crippen LogP contribution in [0, 0.1) is 0 Å². The molecule has 1 aromatic carbocycles. The van der Waals surface area contributed by atoms with E-state index < -0.39 is 0 Å². The molecule has 0 spiro atoms. The predicted octanol–water partition coefficient (Wildman–Crippen LogP) is 3.38. The van der Waals surface area contributed by atoms with E-state index in [2.05, 4.69) is 25.4 Å². The Morgan fingerprint density at radius 2 is 2.03 bits per heavy atom. The number of carbonyl (C=O) groups is 1. The van der Waals surface area contributed by atoms with Gasteiger partial charge < -0.3 is 14.6 Å². The summed E-state index contributed by atoms with van der Waals surface area (Å²) in [5, 5.41) is 6.87. The van der Waals surface area contributed by atoms with Crippen LogP contribution in [0.5, 0.6) is 5.75 Å². The summed E-state index contributed by atoms with van der Waals surface area (Å²) in [7, 11) is 1.62. The third-order valence-electron chi connectivity index (χ3n) is 4.82. The Kier molecular flexibility index (Phi) is 5.74. The fourth-order valence-electron chi connectivity index (χ4n) is 3.02. The van der Waals surface area contributed by atoms with Crippen molar-refractivity contribution in [1.29, 1.82) is 0 Å². The van der Waals surface area contributed by atoms with E-state index >= 15 is 0 Å². The number of benzene rings is 1. The van der Waals surface area contributed by atoms with E-state index in [4.69, 9.17) is 9.26 Å². The first-order valence-electron chi connectivity index (χ1n) is 9.85. The van der Waals surface area contributed by atoms with E-state index in [0.717, 1.165) is 16.9 Å². The maximum absolute atomic E-state index is 12.7. The summed E-state index contributed by atoms with van der Waals surface area (Å²) in [6.07, 6.45) is 5.51. The minimum atomic E-state index is -0.275. The van der Waals surface area contributed by atoms with Gasteiger partial charge in [0.15, 0.2) is 5.82 Å². The molecule has 3 heterocycles. The Morgan fingerprint density at radius 3 is 2.74 bits per heavy atom. The number of aryl methyl sites for hydroxylation is 1. The number of hydrogen-bond acceptors (Lipinski definition) is 7. The first-order chi connectivity index (χ1) is 15.1. The molecule has 0 saturated carbocycles. The lowest BCUT2D eigenvalue weighted by Gasteiger charge is -2.13. The van der Waals surface area contributed by atoms with Crippen molar-refractivity contribution >= 4 is 5.91 Å². The number of methoxy groups -OCH3 is 1. The van der Waals surface area contributed by atoms with Crippen molar-refractivity contribution in [1.82, 2.24) is 30.0 Å². The largest absolute Gasteiger partial charge is 0.497 e. The monoisotopic (exact) mass is 418 g/mol. The number of nitrogens with zero attached hydrogens (tertiary/aromatic N) is 5. The highest BCUT2D eigenvalue weighted by Crippen LogP contribution is 2.20. The molecule has 31 heavy (non-hydrogen) atoms. The van der Waals surface area contributed by atoms with E-state index in [-0.39, 0.29) is 11.9 Å². The van der Waals surface area contributed by atoms with Crippen molar-refractivity contribution in [2.45, 2.75) is 26.3 Å². The summed E-state index contributed by atoms with van der Waals surface area (Å²) >= 11 is 0. The number of rotatable bonds is 7. The van der Waals surface area contributed by atoms with E-state index in [1.165, 1.54) is 0 Å². The van der Waals surface area contributed by atoms with Gasteiger partial charge in [0.2, 0.25) is 0 Å². The van der Waals surface area contributed by atoms with Gasteiger partial charge in [-0.1, -0.05) is 24.2 Å². The van der Waals surface area contributed by atoms with Gasteiger partial charge in [-0.15, -0.1) is 0 Å². The molecule has 158 valence electrons. The van der Waals surface area contributed by atoms with Gasteiger partial charge in [0.1, 0.15) is 23.6 Å². The second kappa shape index (κ2) is 8.78. The van der Waals surface area contributed by atoms with Crippen LogP contribution in [0.2, 0.25) is 0 Å². The number of hydrogen-bond donors (Lipinski definition) is 1. The first-order valence-corrected chi connectivity index (χ1v) is 9.85. The Morgan fingerprint density at radius 1 is 1.23 bits per heavy atom. The molecular weight excluding hydrogens is 396 g/mol. The van der Waals surface area contributed by atoms with Crippen LogP contribution in [-0.4, -0.2) is 37.7 Å². The molecular formula is C22H22N6O3. The van der Waals surface area contributed by atoms with Gasteiger partial charge in [-0.3, -0.25) is 9.36 Å². The second-order valence-electron chi connectivity index (χ2n) is 6.91. The summed E-state index contributed by atoms with van der Waals surface area (Å²) < 4.78 is 12.1. The van der Waals surface area contributed by atoms with Crippen LogP contribution in [0.4, 0.5) is 0 Å². The van der Waals surface area contributed by atoms with Gasteiger partial charge in [-0.25, -0.2) is 9.97 Å². The zero-order valence-electron chi connectivity index (χ0n) is 17.4. The number of ether oxygens (including phenoxy) is 1. The van der Waals surface area contributed by atoms with Crippen LogP contribution in [-0.2, 0) is 6.42 Å². The van der Waals surface area contributed by atoms with Gasteiger partial charge in [0.05, 0.1) is 13.2 Å². The molecule has 4 aromatic rings. The minimum Gasteiger partial charge on any atom is -0.497 e. The smallest absolute Gasteiger partial charge is 0.271 e. The number of aromatic nitrogens is 5. The molecule has 9 heteroatoms. The van der Waals surface area contributed by atoms with E-state index in [9.17, 15) is 4.79 Å². The lowest BCUT2D eigenvalue weighted by molar-refractivity contribution is 0.0935. The highest BCUT2D eigenvalue weighted by Gasteiger charge is 2.15. The van der Waals surface area contributed by atoms with Crippen molar-refractivity contribution in [2.75, 3.05) is 7.11 Å². The lowest BCUT2D eigenvalue weighted by Crippen LogP contribution is -2.26. The summed E-state index contributed by atoms with van der Waals surface area (Å²) in [6, 6.07) is 11.0. The average Bonchev–Trinajstić information content (AvgIpc) is 3.49. The van der Waals surface area contributed by atoms with Crippen LogP contribution >= 0.6 is 0 Å². The van der Waals surface area contributed by atoms with Crippen LogP contribution in [0.1, 0.15) is 41.8 Å². The van der Waals surface area contributed by atoms with Crippen LogP contribution in [0.3, 0.4) is 0 Å². The van der Waals surface area contributed by atoms with Crippen molar-refractivity contribution < 1.29 is 14.1 Å². The van der Waals surface area contributed by atoms with E-state index in [1.54, 1.807) is 42.5 Å². The number of carbonyl (C=O) groups excluding carboxylic acids is 1. The van der Waals surface area contributed by atoms with Crippen LogP contribution < -0.4 is 10.1 Å². The average molecular weight is 418 g/mol. The van der Waals surface area contributed by atoms with Crippen LogP contribution in [0.15, 0.2) is 59.6 Å². The van der Waals surface area contributed by atoms with Crippen molar-refractivity contribution in [2.24, 2.45) is 0 Å². The fraction of sp³-hybridized carbons (Fsp3) is 0.227. The number of imidazole rings is 1. The Bertz CT molecular complexity index is 1180. The molecule has 1 unspecified atom stereocenters.